The van der Waals surface area contributed by atoms with Gasteiger partial charge in [-0.2, -0.15) is 5.26 Å². The molecule has 0 spiro atoms. The number of sulfonamides is 1. The van der Waals surface area contributed by atoms with Crippen LogP contribution in [0.5, 0.6) is 0 Å². The number of hydrogen-bond acceptors (Lipinski definition) is 4. The van der Waals surface area contributed by atoms with Crippen LogP contribution in [0.1, 0.15) is 11.1 Å². The molecule has 0 atom stereocenters. The summed E-state index contributed by atoms with van der Waals surface area (Å²) in [6.07, 6.45) is 0. The lowest BCUT2D eigenvalue weighted by Gasteiger charge is -2.12. The lowest BCUT2D eigenvalue weighted by molar-refractivity contribution is 0.217. The minimum Gasteiger partial charge on any atom is -0.337 e. The second-order valence-corrected chi connectivity index (χ2v) is 6.36. The number of carbonyl (C=O) groups excluding carboxylic acids is 1. The summed E-state index contributed by atoms with van der Waals surface area (Å²) in [6.45, 7) is 0.284. The third kappa shape index (κ3) is 5.81. The van der Waals surface area contributed by atoms with Crippen LogP contribution >= 0.6 is 0 Å². The summed E-state index contributed by atoms with van der Waals surface area (Å²) in [6, 6.07) is 8.21. The zero-order valence-electron chi connectivity index (χ0n) is 12.0. The van der Waals surface area contributed by atoms with E-state index < -0.39 is 10.0 Å². The molecule has 1 aromatic rings. The summed E-state index contributed by atoms with van der Waals surface area (Å²) in [5.41, 5.74) is 0.786. The fourth-order valence-electron chi connectivity index (χ4n) is 1.55. The molecule has 0 heterocycles. The molecule has 0 aromatic heterocycles. The number of benzene rings is 1. The molecule has 0 fully saturated rings. The van der Waals surface area contributed by atoms with Gasteiger partial charge in [0.15, 0.2) is 0 Å². The summed E-state index contributed by atoms with van der Waals surface area (Å²) >= 11 is 0. The Hall–Kier alpha value is -2.11. The van der Waals surface area contributed by atoms with Gasteiger partial charge in [0.1, 0.15) is 0 Å². The zero-order chi connectivity index (χ0) is 15.9. The number of nitriles is 1. The molecule has 0 aliphatic rings. The molecule has 2 N–H and O–H groups in total. The van der Waals surface area contributed by atoms with E-state index in [0.717, 1.165) is 0 Å². The fourth-order valence-corrected chi connectivity index (χ4v) is 2.72. The lowest BCUT2D eigenvalue weighted by atomic mass is 10.1. The predicted octanol–water partition coefficient (Wildman–Crippen LogP) is 0.249. The van der Waals surface area contributed by atoms with E-state index in [2.05, 4.69) is 10.0 Å². The van der Waals surface area contributed by atoms with Gasteiger partial charge in [0, 0.05) is 27.2 Å². The average molecular weight is 310 g/mol. The van der Waals surface area contributed by atoms with Crippen molar-refractivity contribution >= 4 is 16.1 Å². The molecule has 1 aromatic carbocycles. The Morgan fingerprint density at radius 3 is 2.57 bits per heavy atom. The highest BCUT2D eigenvalue weighted by atomic mass is 32.2. The average Bonchev–Trinajstić information content (AvgIpc) is 2.43. The quantitative estimate of drug-likeness (QED) is 0.735. The van der Waals surface area contributed by atoms with Crippen molar-refractivity contribution in [1.29, 1.82) is 5.26 Å². The highest BCUT2D eigenvalue weighted by molar-refractivity contribution is 7.88. The minimum atomic E-state index is -3.55. The molecule has 0 radical (unpaired) electrons. The Balaban J connectivity index is 2.52. The standard InChI is InChI=1S/C13H18N4O3S/c1-17(2)13(18)15-7-8-16-21(19,20)10-12-6-4-3-5-11(12)9-14/h3-6,16H,7-8,10H2,1-2H3,(H,15,18). The van der Waals surface area contributed by atoms with E-state index in [1.807, 2.05) is 6.07 Å². The number of amides is 2. The van der Waals surface area contributed by atoms with Crippen LogP contribution in [0.25, 0.3) is 0 Å². The fraction of sp³-hybridized carbons (Fsp3) is 0.385. The van der Waals surface area contributed by atoms with Gasteiger partial charge in [-0.1, -0.05) is 18.2 Å². The molecule has 1 rings (SSSR count). The van der Waals surface area contributed by atoms with Crippen LogP contribution in [0.15, 0.2) is 24.3 Å². The minimum absolute atomic E-state index is 0.0939. The summed E-state index contributed by atoms with van der Waals surface area (Å²) < 4.78 is 26.2. The van der Waals surface area contributed by atoms with E-state index in [0.29, 0.717) is 11.1 Å². The first-order valence-electron chi connectivity index (χ1n) is 6.26. The second-order valence-electron chi connectivity index (χ2n) is 4.55. The molecule has 0 aliphatic carbocycles. The maximum Gasteiger partial charge on any atom is 0.316 e. The smallest absolute Gasteiger partial charge is 0.316 e. The molecular formula is C13H18N4O3S. The normalized spacial score (nSPS) is 10.7. The number of rotatable bonds is 6. The number of urea groups is 1. The molecule has 0 saturated carbocycles. The molecule has 0 unspecified atom stereocenters. The van der Waals surface area contributed by atoms with Crippen LogP contribution < -0.4 is 10.0 Å². The first-order valence-corrected chi connectivity index (χ1v) is 7.91. The zero-order valence-corrected chi connectivity index (χ0v) is 12.8. The van der Waals surface area contributed by atoms with Crippen molar-refractivity contribution in [3.63, 3.8) is 0 Å². The highest BCUT2D eigenvalue weighted by Gasteiger charge is 2.13. The van der Waals surface area contributed by atoms with Gasteiger partial charge in [0.2, 0.25) is 10.0 Å². The van der Waals surface area contributed by atoms with Gasteiger partial charge in [-0.3, -0.25) is 0 Å². The first-order chi connectivity index (χ1) is 9.85. The largest absolute Gasteiger partial charge is 0.337 e. The number of nitrogens with one attached hydrogen (secondary N) is 2. The predicted molar refractivity (Wildman–Crippen MR) is 78.9 cm³/mol. The van der Waals surface area contributed by atoms with Crippen molar-refractivity contribution in [1.82, 2.24) is 14.9 Å². The van der Waals surface area contributed by atoms with Gasteiger partial charge in [-0.05, 0) is 11.6 Å². The number of nitrogens with zero attached hydrogens (tertiary/aromatic N) is 2. The second kappa shape index (κ2) is 7.61. The Kier molecular flexibility index (Phi) is 6.14. The van der Waals surface area contributed by atoms with E-state index in [1.54, 1.807) is 38.4 Å². The topological polar surface area (TPSA) is 102 Å². The molecule has 7 nitrogen and oxygen atoms in total. The van der Waals surface area contributed by atoms with Crippen LogP contribution in [0.4, 0.5) is 4.79 Å². The summed E-state index contributed by atoms with van der Waals surface area (Å²) in [5.74, 6) is -0.266. The summed E-state index contributed by atoms with van der Waals surface area (Å²) in [5, 5.41) is 11.5. The van der Waals surface area contributed by atoms with Crippen LogP contribution in [0.2, 0.25) is 0 Å². The number of hydrogen-bond donors (Lipinski definition) is 2. The van der Waals surface area contributed by atoms with Crippen molar-refractivity contribution in [2.75, 3.05) is 27.2 Å². The van der Waals surface area contributed by atoms with Crippen molar-refractivity contribution in [3.05, 3.63) is 35.4 Å². The SMILES string of the molecule is CN(C)C(=O)NCCNS(=O)(=O)Cc1ccccc1C#N. The third-order valence-electron chi connectivity index (χ3n) is 2.61. The van der Waals surface area contributed by atoms with Crippen molar-refractivity contribution < 1.29 is 13.2 Å². The Bertz CT molecular complexity index is 635. The van der Waals surface area contributed by atoms with Crippen LogP contribution in [-0.4, -0.2) is 46.5 Å². The van der Waals surface area contributed by atoms with Gasteiger partial charge in [0.05, 0.1) is 17.4 Å². The molecule has 114 valence electrons. The van der Waals surface area contributed by atoms with Crippen LogP contribution in [0, 0.1) is 11.3 Å². The Morgan fingerprint density at radius 2 is 1.95 bits per heavy atom. The van der Waals surface area contributed by atoms with Gasteiger partial charge in [0.25, 0.3) is 0 Å². The van der Waals surface area contributed by atoms with E-state index in [1.165, 1.54) is 4.90 Å². The lowest BCUT2D eigenvalue weighted by Crippen LogP contribution is -2.39. The van der Waals surface area contributed by atoms with Crippen LogP contribution in [0.3, 0.4) is 0 Å². The van der Waals surface area contributed by atoms with E-state index >= 15 is 0 Å². The maximum atomic E-state index is 11.9. The Morgan fingerprint density at radius 1 is 1.29 bits per heavy atom. The highest BCUT2D eigenvalue weighted by Crippen LogP contribution is 2.10. The van der Waals surface area contributed by atoms with Crippen molar-refractivity contribution in [2.24, 2.45) is 0 Å². The van der Waals surface area contributed by atoms with Crippen LogP contribution in [-0.2, 0) is 15.8 Å². The van der Waals surface area contributed by atoms with Crippen molar-refractivity contribution in [2.45, 2.75) is 5.75 Å². The van der Waals surface area contributed by atoms with Gasteiger partial charge in [-0.25, -0.2) is 17.9 Å². The van der Waals surface area contributed by atoms with E-state index in [9.17, 15) is 13.2 Å². The summed E-state index contributed by atoms with van der Waals surface area (Å²) in [4.78, 5) is 12.6. The van der Waals surface area contributed by atoms with Gasteiger partial charge >= 0.3 is 6.03 Å². The summed E-state index contributed by atoms with van der Waals surface area (Å²) in [7, 11) is -0.360. The molecule has 21 heavy (non-hydrogen) atoms. The van der Waals surface area contributed by atoms with E-state index in [4.69, 9.17) is 5.26 Å². The molecule has 0 saturated heterocycles. The molecular weight excluding hydrogens is 292 g/mol. The first kappa shape index (κ1) is 16.9. The number of carbonyl (C=O) groups is 1. The maximum absolute atomic E-state index is 11.9. The molecule has 2 amide bonds. The Labute approximate surface area is 124 Å². The third-order valence-corrected chi connectivity index (χ3v) is 3.95. The molecule has 8 heteroatoms. The van der Waals surface area contributed by atoms with Crippen molar-refractivity contribution in [3.8, 4) is 6.07 Å². The molecule has 0 aliphatic heterocycles. The molecule has 0 bridgehead atoms. The van der Waals surface area contributed by atoms with E-state index in [-0.39, 0.29) is 24.9 Å². The monoisotopic (exact) mass is 310 g/mol. The van der Waals surface area contributed by atoms with Gasteiger partial charge < -0.3 is 10.2 Å². The van der Waals surface area contributed by atoms with Gasteiger partial charge in [-0.15, -0.1) is 0 Å².